The van der Waals surface area contributed by atoms with Crippen LogP contribution in [0.25, 0.3) is 10.2 Å². The summed E-state index contributed by atoms with van der Waals surface area (Å²) in [5, 5.41) is 8.04. The normalized spacial score (nSPS) is 11.1. The molecule has 6 nitrogen and oxygen atoms in total. The van der Waals surface area contributed by atoms with E-state index >= 15 is 0 Å². The second-order valence-electron chi connectivity index (χ2n) is 5.02. The molecule has 0 atom stereocenters. The van der Waals surface area contributed by atoms with Crippen LogP contribution in [0.15, 0.2) is 11.4 Å². The molecule has 2 N–H and O–H groups in total. The van der Waals surface area contributed by atoms with E-state index < -0.39 is 0 Å². The van der Waals surface area contributed by atoms with Gasteiger partial charge in [-0.1, -0.05) is 11.8 Å². The molecule has 2 aromatic heterocycles. The number of amides is 1. The number of nitrogens with zero attached hydrogens (tertiary/aromatic N) is 2. The van der Waals surface area contributed by atoms with Gasteiger partial charge in [-0.2, -0.15) is 0 Å². The topological polar surface area (TPSA) is 76.1 Å². The van der Waals surface area contributed by atoms with Crippen molar-refractivity contribution in [2.24, 2.45) is 0 Å². The molecule has 126 valence electrons. The van der Waals surface area contributed by atoms with Crippen LogP contribution in [0.2, 0.25) is 0 Å². The van der Waals surface area contributed by atoms with Crippen molar-refractivity contribution in [1.82, 2.24) is 20.6 Å². The Morgan fingerprint density at radius 3 is 2.91 bits per heavy atom. The standard InChI is InChI=1S/C15H22N4O2S2/c1-10-11(2)23-15-13(10)14(18-9-19-15)22-8-12(20)17-5-4-16-6-7-21-3/h9,16H,4-8H2,1-3H3,(H,17,20). The number of carbonyl (C=O) groups excluding carboxylic acids is 1. The van der Waals surface area contributed by atoms with Crippen molar-refractivity contribution in [1.29, 1.82) is 0 Å². The molecule has 0 fully saturated rings. The molecule has 23 heavy (non-hydrogen) atoms. The lowest BCUT2D eigenvalue weighted by atomic mass is 10.2. The molecule has 0 aliphatic rings. The summed E-state index contributed by atoms with van der Waals surface area (Å²) in [5.74, 6) is 0.373. The summed E-state index contributed by atoms with van der Waals surface area (Å²) < 4.78 is 4.94. The molecule has 0 aliphatic carbocycles. The van der Waals surface area contributed by atoms with E-state index in [-0.39, 0.29) is 5.91 Å². The molecule has 2 aromatic rings. The Morgan fingerprint density at radius 2 is 2.13 bits per heavy atom. The summed E-state index contributed by atoms with van der Waals surface area (Å²) in [6.07, 6.45) is 1.57. The molecule has 0 saturated carbocycles. The Morgan fingerprint density at radius 1 is 1.30 bits per heavy atom. The van der Waals surface area contributed by atoms with E-state index in [1.165, 1.54) is 22.2 Å². The molecule has 0 aromatic carbocycles. The molecule has 2 rings (SSSR count). The van der Waals surface area contributed by atoms with Gasteiger partial charge in [0.25, 0.3) is 0 Å². The van der Waals surface area contributed by atoms with Crippen LogP contribution in [0.1, 0.15) is 10.4 Å². The summed E-state index contributed by atoms with van der Waals surface area (Å²) in [7, 11) is 1.67. The Bertz CT molecular complexity index is 660. The molecule has 0 aliphatic heterocycles. The van der Waals surface area contributed by atoms with Crippen LogP contribution in [-0.4, -0.2) is 55.0 Å². The molecular formula is C15H22N4O2S2. The monoisotopic (exact) mass is 354 g/mol. The van der Waals surface area contributed by atoms with Crippen molar-refractivity contribution < 1.29 is 9.53 Å². The lowest BCUT2D eigenvalue weighted by molar-refractivity contribution is -0.118. The first-order valence-corrected chi connectivity index (χ1v) is 9.23. The molecular weight excluding hydrogens is 332 g/mol. The average Bonchev–Trinajstić information content (AvgIpc) is 2.84. The summed E-state index contributed by atoms with van der Waals surface area (Å²) in [4.78, 5) is 22.8. The largest absolute Gasteiger partial charge is 0.383 e. The SMILES string of the molecule is COCCNCCNC(=O)CSc1ncnc2sc(C)c(C)c12. The predicted octanol–water partition coefficient (Wildman–Crippen LogP) is 1.75. The fourth-order valence-corrected chi connectivity index (χ4v) is 3.98. The number of methoxy groups -OCH3 is 1. The molecule has 0 radical (unpaired) electrons. The van der Waals surface area contributed by atoms with Crippen molar-refractivity contribution in [3.63, 3.8) is 0 Å². The lowest BCUT2D eigenvalue weighted by Crippen LogP contribution is -2.33. The number of hydrogen-bond donors (Lipinski definition) is 2. The van der Waals surface area contributed by atoms with Crippen molar-refractivity contribution >= 4 is 39.2 Å². The second-order valence-corrected chi connectivity index (χ2v) is 7.19. The number of ether oxygens (including phenoxy) is 1. The summed E-state index contributed by atoms with van der Waals surface area (Å²) >= 11 is 3.13. The minimum Gasteiger partial charge on any atom is -0.383 e. The van der Waals surface area contributed by atoms with Gasteiger partial charge in [-0.15, -0.1) is 11.3 Å². The van der Waals surface area contributed by atoms with Gasteiger partial charge in [0.1, 0.15) is 16.2 Å². The highest BCUT2D eigenvalue weighted by atomic mass is 32.2. The van der Waals surface area contributed by atoms with Gasteiger partial charge in [-0.05, 0) is 19.4 Å². The molecule has 1 amide bonds. The quantitative estimate of drug-likeness (QED) is 0.406. The third-order valence-electron chi connectivity index (χ3n) is 3.38. The summed E-state index contributed by atoms with van der Waals surface area (Å²) in [5.41, 5.74) is 1.20. The highest BCUT2D eigenvalue weighted by Gasteiger charge is 2.13. The smallest absolute Gasteiger partial charge is 0.230 e. The highest BCUT2D eigenvalue weighted by Crippen LogP contribution is 2.34. The van der Waals surface area contributed by atoms with E-state index in [1.807, 2.05) is 0 Å². The van der Waals surface area contributed by atoms with E-state index in [0.717, 1.165) is 28.3 Å². The van der Waals surface area contributed by atoms with E-state index in [2.05, 4.69) is 34.4 Å². The van der Waals surface area contributed by atoms with Crippen LogP contribution >= 0.6 is 23.1 Å². The maximum absolute atomic E-state index is 11.9. The van der Waals surface area contributed by atoms with Crippen LogP contribution in [-0.2, 0) is 9.53 Å². The number of thioether (sulfide) groups is 1. The minimum absolute atomic E-state index is 0.0138. The van der Waals surface area contributed by atoms with Crippen LogP contribution in [0.5, 0.6) is 0 Å². The zero-order chi connectivity index (χ0) is 16.7. The van der Waals surface area contributed by atoms with Gasteiger partial charge in [0, 0.05) is 37.0 Å². The average molecular weight is 355 g/mol. The van der Waals surface area contributed by atoms with Crippen LogP contribution in [0.4, 0.5) is 0 Å². The van der Waals surface area contributed by atoms with Crippen LogP contribution < -0.4 is 10.6 Å². The first kappa shape index (κ1) is 18.1. The second kappa shape index (κ2) is 9.17. The van der Waals surface area contributed by atoms with Crippen molar-refractivity contribution in [2.45, 2.75) is 18.9 Å². The Kier molecular flexibility index (Phi) is 7.22. The first-order valence-electron chi connectivity index (χ1n) is 7.43. The van der Waals surface area contributed by atoms with E-state index in [1.54, 1.807) is 24.8 Å². The van der Waals surface area contributed by atoms with Gasteiger partial charge in [0.05, 0.1) is 12.4 Å². The molecule has 0 bridgehead atoms. The number of rotatable bonds is 9. The van der Waals surface area contributed by atoms with Crippen LogP contribution in [0.3, 0.4) is 0 Å². The first-order chi connectivity index (χ1) is 11.1. The van der Waals surface area contributed by atoms with Crippen LogP contribution in [0, 0.1) is 13.8 Å². The Labute approximate surface area is 144 Å². The van der Waals surface area contributed by atoms with Gasteiger partial charge in [0.2, 0.25) is 5.91 Å². The molecule has 0 spiro atoms. The number of aryl methyl sites for hydroxylation is 2. The maximum atomic E-state index is 11.9. The number of nitrogens with one attached hydrogen (secondary N) is 2. The van der Waals surface area contributed by atoms with E-state index in [9.17, 15) is 4.79 Å². The zero-order valence-electron chi connectivity index (χ0n) is 13.6. The minimum atomic E-state index is 0.0138. The van der Waals surface area contributed by atoms with Gasteiger partial charge >= 0.3 is 0 Å². The van der Waals surface area contributed by atoms with Crippen molar-refractivity contribution in [3.8, 4) is 0 Å². The lowest BCUT2D eigenvalue weighted by Gasteiger charge is -2.07. The zero-order valence-corrected chi connectivity index (χ0v) is 15.3. The number of hydrogen-bond acceptors (Lipinski definition) is 7. The molecule has 0 saturated heterocycles. The third kappa shape index (κ3) is 5.13. The highest BCUT2D eigenvalue weighted by molar-refractivity contribution is 8.00. The number of fused-ring (bicyclic) bond motifs is 1. The van der Waals surface area contributed by atoms with Gasteiger partial charge in [-0.3, -0.25) is 4.79 Å². The Hall–Kier alpha value is -1.22. The summed E-state index contributed by atoms with van der Waals surface area (Å²) in [6.45, 7) is 6.97. The van der Waals surface area contributed by atoms with Gasteiger partial charge in [-0.25, -0.2) is 9.97 Å². The third-order valence-corrected chi connectivity index (χ3v) is 5.48. The fourth-order valence-electron chi connectivity index (χ4n) is 2.03. The fraction of sp³-hybridized carbons (Fsp3) is 0.533. The van der Waals surface area contributed by atoms with Gasteiger partial charge in [0.15, 0.2) is 0 Å². The van der Waals surface area contributed by atoms with Gasteiger partial charge < -0.3 is 15.4 Å². The number of thiophene rings is 1. The van der Waals surface area contributed by atoms with Crippen molar-refractivity contribution in [2.75, 3.05) is 39.1 Å². The number of carbonyl (C=O) groups is 1. The molecule has 8 heteroatoms. The predicted molar refractivity (Wildman–Crippen MR) is 95.4 cm³/mol. The van der Waals surface area contributed by atoms with E-state index in [0.29, 0.717) is 18.9 Å². The number of aromatic nitrogens is 2. The maximum Gasteiger partial charge on any atom is 0.230 e. The Balaban J connectivity index is 1.81. The van der Waals surface area contributed by atoms with E-state index in [4.69, 9.17) is 4.74 Å². The molecule has 0 unspecified atom stereocenters. The summed E-state index contributed by atoms with van der Waals surface area (Å²) in [6, 6.07) is 0. The molecule has 2 heterocycles. The van der Waals surface area contributed by atoms with Crippen molar-refractivity contribution in [3.05, 3.63) is 16.8 Å².